The summed E-state index contributed by atoms with van der Waals surface area (Å²) in [5.41, 5.74) is 1.30. The van der Waals surface area contributed by atoms with E-state index in [0.717, 1.165) is 0 Å². The molecule has 0 bridgehead atoms. The first-order chi connectivity index (χ1) is 4.29. The lowest BCUT2D eigenvalue weighted by Crippen LogP contribution is -1.76. The highest BCUT2D eigenvalue weighted by atomic mass is 14.0. The zero-order valence-corrected chi connectivity index (χ0v) is 5.89. The van der Waals surface area contributed by atoms with E-state index in [0.29, 0.717) is 0 Å². The summed E-state index contributed by atoms with van der Waals surface area (Å²) in [6.45, 7) is 4.21. The molecule has 0 saturated carbocycles. The van der Waals surface area contributed by atoms with Crippen LogP contribution in [0.2, 0.25) is 0 Å². The number of hydrogen-bond donors (Lipinski definition) is 0. The minimum Gasteiger partial charge on any atom is -0.221 e. The molecular weight excluding hydrogens is 108 g/mol. The van der Waals surface area contributed by atoms with Crippen LogP contribution in [0.15, 0.2) is 36.0 Å². The second-order valence-electron chi connectivity index (χ2n) is 2.44. The molecule has 0 spiro atoms. The Morgan fingerprint density at radius 1 is 1.22 bits per heavy atom. The van der Waals surface area contributed by atoms with Crippen LogP contribution in [-0.2, 0) is 0 Å². The Hall–Kier alpha value is -0.910. The normalized spacial score (nSPS) is 14.7. The summed E-state index contributed by atoms with van der Waals surface area (Å²) in [7, 11) is 0. The van der Waals surface area contributed by atoms with Crippen LogP contribution in [0.25, 0.3) is 0 Å². The Morgan fingerprint density at radius 2 is 1.78 bits per heavy atom. The van der Waals surface area contributed by atoms with Gasteiger partial charge >= 0.3 is 0 Å². The molecule has 0 aromatic carbocycles. The Bertz CT molecular complexity index is 154. The summed E-state index contributed by atoms with van der Waals surface area (Å²) in [5, 5.41) is 0. The average molecular weight is 119 g/mol. The van der Waals surface area contributed by atoms with Crippen LogP contribution < -0.4 is 0 Å². The van der Waals surface area contributed by atoms with Crippen LogP contribution in [-0.4, -0.2) is 0 Å². The van der Waals surface area contributed by atoms with E-state index in [4.69, 9.17) is 0 Å². The molecule has 0 atom stereocenters. The van der Waals surface area contributed by atoms with Gasteiger partial charge in [0.1, 0.15) is 0 Å². The quantitative estimate of drug-likeness (QED) is 0.465. The fourth-order valence-corrected chi connectivity index (χ4v) is 0.818. The first-order valence-corrected chi connectivity index (χ1v) is 3.15. The molecule has 0 nitrogen and oxygen atoms in total. The zero-order valence-electron chi connectivity index (χ0n) is 5.89. The van der Waals surface area contributed by atoms with Crippen molar-refractivity contribution in [3.05, 3.63) is 41.9 Å². The van der Waals surface area contributed by atoms with E-state index in [-0.39, 0.29) is 0 Å². The molecule has 9 heavy (non-hydrogen) atoms. The van der Waals surface area contributed by atoms with Gasteiger partial charge in [-0.25, -0.2) is 12.0 Å². The molecule has 0 aliphatic heterocycles. The second-order valence-corrected chi connectivity index (χ2v) is 2.44. The maximum atomic E-state index is 2.17. The fraction of sp³-hybridized carbons (Fsp3) is 0.222. The molecule has 0 unspecified atom stereocenters. The van der Waals surface area contributed by atoms with Crippen molar-refractivity contribution in [2.75, 3.05) is 0 Å². The molecule has 0 amide bonds. The lowest BCUT2D eigenvalue weighted by molar-refractivity contribution is 1.20. The smallest absolute Gasteiger partial charge is 0.0810 e. The highest BCUT2D eigenvalue weighted by Crippen LogP contribution is 2.10. The van der Waals surface area contributed by atoms with Gasteiger partial charge in [-0.3, -0.25) is 0 Å². The fourth-order valence-electron chi connectivity index (χ4n) is 0.818. The monoisotopic (exact) mass is 119 g/mol. The van der Waals surface area contributed by atoms with Crippen LogP contribution in [0, 0.1) is 5.92 Å². The molecule has 1 aliphatic carbocycles. The van der Waals surface area contributed by atoms with Crippen LogP contribution in [0.5, 0.6) is 0 Å². The van der Waals surface area contributed by atoms with Crippen molar-refractivity contribution >= 4 is 0 Å². The zero-order chi connectivity index (χ0) is 6.69. The lowest BCUT2D eigenvalue weighted by Gasteiger charge is -2.07. The van der Waals surface area contributed by atoms with Crippen molar-refractivity contribution in [2.45, 2.75) is 13.8 Å². The van der Waals surface area contributed by atoms with Crippen LogP contribution in [0.4, 0.5) is 0 Å². The third kappa shape index (κ3) is 1.80. The minimum absolute atomic E-state index is 1.30. The standard InChI is InChI=1S/C9H11/c1-8(2)7-9-5-3-4-6-9/h3-7H,1-2H3/q-1. The van der Waals surface area contributed by atoms with Crippen molar-refractivity contribution in [2.24, 2.45) is 0 Å². The van der Waals surface area contributed by atoms with Crippen LogP contribution in [0.1, 0.15) is 13.8 Å². The Labute approximate surface area is 56.6 Å². The van der Waals surface area contributed by atoms with Gasteiger partial charge in [0, 0.05) is 0 Å². The summed E-state index contributed by atoms with van der Waals surface area (Å²) >= 11 is 0. The summed E-state index contributed by atoms with van der Waals surface area (Å²) < 4.78 is 0. The van der Waals surface area contributed by atoms with Gasteiger partial charge in [-0.2, -0.15) is 5.57 Å². The lowest BCUT2D eigenvalue weighted by atomic mass is 10.1. The van der Waals surface area contributed by atoms with Gasteiger partial charge < -0.3 is 0 Å². The van der Waals surface area contributed by atoms with E-state index in [1.807, 2.05) is 0 Å². The Morgan fingerprint density at radius 3 is 2.22 bits per heavy atom. The molecule has 0 saturated heterocycles. The maximum absolute atomic E-state index is 2.17. The Balaban J connectivity index is 2.62. The predicted octanol–water partition coefficient (Wildman–Crippen LogP) is 2.65. The summed E-state index contributed by atoms with van der Waals surface area (Å²) in [5.74, 6) is 1.35. The summed E-state index contributed by atoms with van der Waals surface area (Å²) in [6, 6.07) is 0. The first kappa shape index (κ1) is 6.21. The van der Waals surface area contributed by atoms with Crippen molar-refractivity contribution in [3.63, 3.8) is 0 Å². The molecular formula is C9H11-. The van der Waals surface area contributed by atoms with Gasteiger partial charge in [0.15, 0.2) is 0 Å². The highest BCUT2D eigenvalue weighted by Gasteiger charge is 1.80. The van der Waals surface area contributed by atoms with Gasteiger partial charge in [0.05, 0.1) is 0 Å². The van der Waals surface area contributed by atoms with Gasteiger partial charge in [0.2, 0.25) is 0 Å². The van der Waals surface area contributed by atoms with E-state index in [9.17, 15) is 0 Å². The maximum Gasteiger partial charge on any atom is -0.0810 e. The van der Waals surface area contributed by atoms with E-state index in [1.54, 1.807) is 0 Å². The van der Waals surface area contributed by atoms with Gasteiger partial charge in [0.25, 0.3) is 0 Å². The molecule has 0 radical (unpaired) electrons. The highest BCUT2D eigenvalue weighted by molar-refractivity contribution is 5.42. The van der Waals surface area contributed by atoms with E-state index in [1.165, 1.54) is 11.5 Å². The van der Waals surface area contributed by atoms with Gasteiger partial charge in [-0.1, -0.05) is 12.2 Å². The minimum atomic E-state index is 1.30. The molecule has 0 aromatic heterocycles. The molecule has 0 N–H and O–H groups in total. The Kier molecular flexibility index (Phi) is 1.78. The molecule has 0 fully saturated rings. The van der Waals surface area contributed by atoms with E-state index < -0.39 is 0 Å². The molecule has 48 valence electrons. The number of hydrogen-bond acceptors (Lipinski definition) is 0. The second kappa shape index (κ2) is 2.58. The van der Waals surface area contributed by atoms with Crippen molar-refractivity contribution in [1.29, 1.82) is 0 Å². The molecule has 0 heteroatoms. The van der Waals surface area contributed by atoms with Crippen LogP contribution in [0.3, 0.4) is 0 Å². The first-order valence-electron chi connectivity index (χ1n) is 3.15. The number of allylic oxidation sites excluding steroid dienone is 6. The third-order valence-corrected chi connectivity index (χ3v) is 1.14. The van der Waals surface area contributed by atoms with E-state index >= 15 is 0 Å². The van der Waals surface area contributed by atoms with Crippen molar-refractivity contribution in [1.82, 2.24) is 0 Å². The molecule has 0 heterocycles. The number of rotatable bonds is 1. The van der Waals surface area contributed by atoms with Crippen LogP contribution >= 0.6 is 0 Å². The molecule has 0 aromatic rings. The predicted molar refractivity (Wildman–Crippen MR) is 41.0 cm³/mol. The topological polar surface area (TPSA) is 0 Å². The molecule has 1 rings (SSSR count). The van der Waals surface area contributed by atoms with Crippen molar-refractivity contribution in [3.8, 4) is 0 Å². The largest absolute Gasteiger partial charge is 0.221 e. The molecule has 1 aliphatic rings. The summed E-state index contributed by atoms with van der Waals surface area (Å²) in [4.78, 5) is 0. The SMILES string of the molecule is C[C-](C)C=C1C=CC=C1. The van der Waals surface area contributed by atoms with Gasteiger partial charge in [-0.05, 0) is 0 Å². The summed E-state index contributed by atoms with van der Waals surface area (Å²) in [6.07, 6.45) is 10.5. The van der Waals surface area contributed by atoms with E-state index in [2.05, 4.69) is 44.2 Å². The average Bonchev–Trinajstić information content (AvgIpc) is 2.15. The van der Waals surface area contributed by atoms with Crippen molar-refractivity contribution < 1.29 is 0 Å². The van der Waals surface area contributed by atoms with Gasteiger partial charge in [-0.15, -0.1) is 26.0 Å². The third-order valence-electron chi connectivity index (χ3n) is 1.14.